The van der Waals surface area contributed by atoms with Crippen molar-refractivity contribution in [2.75, 3.05) is 72.1 Å². The molecular formula is C45H52N12Na2O8S2. The van der Waals surface area contributed by atoms with Gasteiger partial charge in [-0.15, -0.1) is 43.0 Å². The molecule has 0 spiro atoms. The van der Waals surface area contributed by atoms with E-state index in [9.17, 15) is 23.2 Å². The Bertz CT molecular complexity index is 2720. The molecule has 0 unspecified atom stereocenters. The molecular weight excluding hydrogens is 947 g/mol. The molecule has 0 fully saturated rings. The first-order chi connectivity index (χ1) is 32.4. The average Bonchev–Trinajstić information content (AvgIpc) is 3.30. The van der Waals surface area contributed by atoms with Crippen LogP contribution in [-0.2, 0) is 27.1 Å². The van der Waals surface area contributed by atoms with Crippen molar-refractivity contribution >= 4 is 79.7 Å². The van der Waals surface area contributed by atoms with Crippen LogP contribution >= 0.6 is 0 Å². The number of aliphatic hydroxyl groups excluding tert-OH is 2. The van der Waals surface area contributed by atoms with Gasteiger partial charge in [0, 0.05) is 37.4 Å². The van der Waals surface area contributed by atoms with Crippen LogP contribution in [0.5, 0.6) is 0 Å². The zero-order valence-electron chi connectivity index (χ0n) is 38.7. The summed E-state index contributed by atoms with van der Waals surface area (Å²) in [6.45, 7) is 4.78. The zero-order valence-corrected chi connectivity index (χ0v) is 44.3. The number of para-hydroxylation sites is 1. The fraction of sp³-hybridized carbons (Fsp3) is 0.289. The summed E-state index contributed by atoms with van der Waals surface area (Å²) < 4.78 is 63.0. The molecule has 0 atom stereocenters. The summed E-state index contributed by atoms with van der Waals surface area (Å²) in [5.74, 6) is 1.80. The molecule has 0 aliphatic rings. The average molecular weight is 999 g/mol. The molecule has 6 rings (SSSR count). The van der Waals surface area contributed by atoms with Crippen LogP contribution in [-0.4, -0.2) is 112 Å². The van der Waals surface area contributed by atoms with Crippen molar-refractivity contribution in [3.63, 3.8) is 0 Å². The largest absolute Gasteiger partial charge is 1.00 e. The maximum Gasteiger partial charge on any atom is 1.00 e. The Balaban J connectivity index is 0.00000202. The Morgan fingerprint density at radius 3 is 1.88 bits per heavy atom. The van der Waals surface area contributed by atoms with Crippen molar-refractivity contribution in [1.82, 2.24) is 35.2 Å². The van der Waals surface area contributed by atoms with Crippen molar-refractivity contribution in [2.45, 2.75) is 43.9 Å². The van der Waals surface area contributed by atoms with Gasteiger partial charge in [0.25, 0.3) is 0 Å². The zero-order chi connectivity index (χ0) is 47.9. The van der Waals surface area contributed by atoms with Gasteiger partial charge in [-0.3, -0.25) is 0 Å². The molecule has 2 aromatic heterocycles. The third-order valence-electron chi connectivity index (χ3n) is 9.41. The Morgan fingerprint density at radius 2 is 1.26 bits per heavy atom. The van der Waals surface area contributed by atoms with Crippen LogP contribution < -0.4 is 90.6 Å². The Kier molecular flexibility index (Phi) is 26.5. The van der Waals surface area contributed by atoms with Crippen molar-refractivity contribution in [3.8, 4) is 0 Å². The molecule has 354 valence electrons. The van der Waals surface area contributed by atoms with Crippen molar-refractivity contribution in [1.29, 1.82) is 0 Å². The summed E-state index contributed by atoms with van der Waals surface area (Å²) in [5, 5.41) is 35.5. The van der Waals surface area contributed by atoms with Crippen LogP contribution in [0.25, 0.3) is 12.2 Å². The molecule has 20 nitrogen and oxygen atoms in total. The number of aromatic nitrogens is 6. The topological polar surface area (TPSA) is 290 Å². The van der Waals surface area contributed by atoms with Crippen molar-refractivity contribution in [2.24, 2.45) is 0 Å². The van der Waals surface area contributed by atoms with Crippen molar-refractivity contribution < 1.29 is 94.9 Å². The molecule has 69 heavy (non-hydrogen) atoms. The molecule has 0 aliphatic carbocycles. The molecule has 0 saturated heterocycles. The van der Waals surface area contributed by atoms with Gasteiger partial charge in [-0.25, -0.2) is 8.42 Å². The minimum absolute atomic E-state index is 0. The fourth-order valence-electron chi connectivity index (χ4n) is 6.26. The summed E-state index contributed by atoms with van der Waals surface area (Å²) in [5.41, 5.74) is 3.45. The third kappa shape index (κ3) is 21.3. The fourth-order valence-corrected chi connectivity index (χ4v) is 6.95. The van der Waals surface area contributed by atoms with Gasteiger partial charge in [-0.2, -0.15) is 35.5 Å². The Hall–Kier alpha value is -4.95. The van der Waals surface area contributed by atoms with E-state index >= 15 is 0 Å². The van der Waals surface area contributed by atoms with E-state index in [1.165, 1.54) is 31.1 Å². The molecule has 0 amide bonds. The van der Waals surface area contributed by atoms with Crippen molar-refractivity contribution in [3.05, 3.63) is 126 Å². The molecule has 0 bridgehead atoms. The summed E-state index contributed by atoms with van der Waals surface area (Å²) in [4.78, 5) is 28.5. The normalized spacial score (nSPS) is 10.8. The van der Waals surface area contributed by atoms with Gasteiger partial charge in [0.15, 0.2) is 0 Å². The van der Waals surface area contributed by atoms with Gasteiger partial charge in [-0.05, 0) is 73.4 Å². The molecule has 4 aromatic carbocycles. The first-order valence-corrected chi connectivity index (χ1v) is 23.7. The molecule has 6 aromatic rings. The number of rotatable bonds is 25. The first-order valence-electron chi connectivity index (χ1n) is 21.3. The second kappa shape index (κ2) is 31.3. The summed E-state index contributed by atoms with van der Waals surface area (Å²) >= 11 is 0. The second-order valence-corrected chi connectivity index (χ2v) is 16.3. The molecule has 2 heterocycles. The van der Waals surface area contributed by atoms with Crippen LogP contribution in [0.4, 0.5) is 46.8 Å². The van der Waals surface area contributed by atoms with E-state index in [2.05, 4.69) is 69.5 Å². The van der Waals surface area contributed by atoms with Gasteiger partial charge in [-0.1, -0.05) is 74.0 Å². The van der Waals surface area contributed by atoms with Crippen LogP contribution in [0.3, 0.4) is 0 Å². The van der Waals surface area contributed by atoms with E-state index in [1.54, 1.807) is 35.2 Å². The minimum Gasteiger partial charge on any atom is -0.744 e. The Labute approximate surface area is 447 Å². The predicted octanol–water partition coefficient (Wildman–Crippen LogP) is -0.870. The maximum atomic E-state index is 12.6. The SMILES string of the molecule is CCCCNCCCCNc1nc(Nc2c[c-]c(/C=C/c3ccc(Nc4nc(Cc5ccccc5)nc(N(CCO)CCO)n4)cc3S(=O)(=O)[O-])cc2)nc(Nc2ccccc2)n1.O=S(=O)=O.[Na+].[Na+]. The molecule has 7 N–H and O–H groups in total. The van der Waals surface area contributed by atoms with Gasteiger partial charge in [0.2, 0.25) is 29.7 Å². The number of hydrogen-bond donors (Lipinski definition) is 7. The van der Waals surface area contributed by atoms with Crippen LogP contribution in [0.15, 0.2) is 102 Å². The predicted molar refractivity (Wildman–Crippen MR) is 255 cm³/mol. The number of aliphatic hydroxyl groups is 2. The summed E-state index contributed by atoms with van der Waals surface area (Å²) in [7, 11) is -8.04. The molecule has 0 radical (unpaired) electrons. The molecule has 24 heteroatoms. The number of anilines is 8. The van der Waals surface area contributed by atoms with Crippen LogP contribution in [0.2, 0.25) is 0 Å². The smallest absolute Gasteiger partial charge is 0.744 e. The minimum atomic E-state index is -4.93. The van der Waals surface area contributed by atoms with Crippen LogP contribution in [0.1, 0.15) is 55.1 Å². The van der Waals surface area contributed by atoms with E-state index in [-0.39, 0.29) is 109 Å². The third-order valence-corrected chi connectivity index (χ3v) is 10.3. The number of unbranched alkanes of at least 4 members (excludes halogenated alkanes) is 2. The molecule has 0 aliphatic heterocycles. The van der Waals surface area contributed by atoms with Gasteiger partial charge >= 0.3 is 69.7 Å². The van der Waals surface area contributed by atoms with Gasteiger partial charge in [0.1, 0.15) is 15.9 Å². The standard InChI is InChI=1S/C45H53N12O5S.2Na.O3S/c1-2-3-24-46-25-10-11-26-47-41-53-43(48-36-14-8-5-9-15-36)55-44(54-41)49-37-21-17-33(18-22-37)16-19-35-20-23-38(32-39(35)63(60,61)62)50-42-51-40(31-34-12-6-4-7-13-34)52-45(56-42)57(27-29-58)28-30-59;;;1-4(2)3/h4-9,12-17,19-23,32,46,58-59H,2-3,10-11,24-31H2,1H3,(H,60,61,62)(H,50,51,52,56)(H3,47,48,49,53,54,55);;;/q-1;2*+1;/p-1/b19-16+;;;. The maximum absolute atomic E-state index is 12.6. The number of hydrogen-bond acceptors (Lipinski definition) is 20. The summed E-state index contributed by atoms with van der Waals surface area (Å²) in [6.07, 6.45) is 7.84. The van der Waals surface area contributed by atoms with E-state index in [4.69, 9.17) is 12.6 Å². The second-order valence-electron chi connectivity index (χ2n) is 14.5. The number of nitrogens with one attached hydrogen (secondary N) is 5. The van der Waals surface area contributed by atoms with Gasteiger partial charge < -0.3 is 46.2 Å². The van der Waals surface area contributed by atoms with Crippen LogP contribution in [0, 0.1) is 6.07 Å². The first kappa shape index (κ1) is 58.4. The van der Waals surface area contributed by atoms with E-state index in [0.29, 0.717) is 47.9 Å². The molecule has 0 saturated carbocycles. The quantitative estimate of drug-likeness (QED) is 0.0121. The van der Waals surface area contributed by atoms with E-state index in [0.717, 1.165) is 37.2 Å². The number of nitrogens with zero attached hydrogens (tertiary/aromatic N) is 7. The van der Waals surface area contributed by atoms with E-state index < -0.39 is 25.6 Å². The van der Waals surface area contributed by atoms with E-state index in [1.807, 2.05) is 60.7 Å². The van der Waals surface area contributed by atoms with Gasteiger partial charge in [0.05, 0.1) is 18.1 Å². The number of benzene rings is 4. The monoisotopic (exact) mass is 998 g/mol. The summed E-state index contributed by atoms with van der Waals surface area (Å²) in [6, 6.07) is 32.0. The Morgan fingerprint density at radius 1 is 0.681 bits per heavy atom.